The fourth-order valence-electron chi connectivity index (χ4n) is 3.86. The second kappa shape index (κ2) is 5.21. The summed E-state index contributed by atoms with van der Waals surface area (Å²) in [6.45, 7) is 12.9. The molecule has 0 unspecified atom stereocenters. The van der Waals surface area contributed by atoms with Crippen LogP contribution in [-0.2, 0) is 6.54 Å². The van der Waals surface area contributed by atoms with E-state index in [2.05, 4.69) is 30.2 Å². The Morgan fingerprint density at radius 1 is 1.25 bits per heavy atom. The predicted molar refractivity (Wildman–Crippen MR) is 79.6 cm³/mol. The molecule has 0 aliphatic carbocycles. The first-order chi connectivity index (χ1) is 9.54. The first kappa shape index (κ1) is 13.6. The predicted octanol–water partition coefficient (Wildman–Crippen LogP) is 3.11. The fourth-order valence-corrected chi connectivity index (χ4v) is 3.86. The topological polar surface area (TPSA) is 6.48 Å². The zero-order chi connectivity index (χ0) is 14.3. The molecule has 3 rings (SSSR count). The summed E-state index contributed by atoms with van der Waals surface area (Å²) in [6, 6.07) is 7.49. The molecule has 2 saturated heterocycles. The molecule has 108 valence electrons. The van der Waals surface area contributed by atoms with Gasteiger partial charge in [0, 0.05) is 37.9 Å². The first-order valence-electron chi connectivity index (χ1n) is 7.43. The van der Waals surface area contributed by atoms with Crippen LogP contribution in [0.3, 0.4) is 0 Å². The number of nitrogens with zero attached hydrogens (tertiary/aromatic N) is 2. The fraction of sp³-hybridized carbons (Fsp3) is 0.529. The number of benzene rings is 1. The molecule has 0 spiro atoms. The van der Waals surface area contributed by atoms with E-state index in [9.17, 15) is 4.39 Å². The third-order valence-corrected chi connectivity index (χ3v) is 4.92. The summed E-state index contributed by atoms with van der Waals surface area (Å²) < 4.78 is 12.9. The average Bonchev–Trinajstić information content (AvgIpc) is 2.92. The number of likely N-dealkylation sites (tertiary alicyclic amines) is 2. The second-order valence-electron chi connectivity index (χ2n) is 6.37. The largest absolute Gasteiger partial charge is 0.372 e. The third kappa shape index (κ3) is 2.47. The summed E-state index contributed by atoms with van der Waals surface area (Å²) in [7, 11) is 0. The van der Waals surface area contributed by atoms with Gasteiger partial charge in [-0.3, -0.25) is 4.90 Å². The van der Waals surface area contributed by atoms with Gasteiger partial charge in [0.05, 0.1) is 0 Å². The van der Waals surface area contributed by atoms with Crippen molar-refractivity contribution in [2.24, 2.45) is 11.8 Å². The summed E-state index contributed by atoms with van der Waals surface area (Å²) >= 11 is 0. The van der Waals surface area contributed by atoms with Crippen LogP contribution in [0.2, 0.25) is 0 Å². The monoisotopic (exact) mass is 274 g/mol. The molecular weight excluding hydrogens is 251 g/mol. The molecule has 0 bridgehead atoms. The van der Waals surface area contributed by atoms with Gasteiger partial charge in [-0.25, -0.2) is 4.39 Å². The highest BCUT2D eigenvalue weighted by Gasteiger charge is 2.44. The van der Waals surface area contributed by atoms with Crippen molar-refractivity contribution in [3.05, 3.63) is 47.9 Å². The Labute approximate surface area is 120 Å². The number of halogens is 1. The van der Waals surface area contributed by atoms with Crippen LogP contribution in [0, 0.1) is 17.7 Å². The lowest BCUT2D eigenvalue weighted by atomic mass is 9.95. The molecule has 3 atom stereocenters. The van der Waals surface area contributed by atoms with Gasteiger partial charge in [-0.05, 0) is 43.4 Å². The molecule has 2 nitrogen and oxygen atoms in total. The Morgan fingerprint density at radius 3 is 2.55 bits per heavy atom. The van der Waals surface area contributed by atoms with Crippen molar-refractivity contribution in [2.75, 3.05) is 19.6 Å². The van der Waals surface area contributed by atoms with Gasteiger partial charge in [0.15, 0.2) is 0 Å². The number of allylic oxidation sites excluding steroid dienone is 1. The van der Waals surface area contributed by atoms with Crippen LogP contribution in [0.15, 0.2) is 36.5 Å². The van der Waals surface area contributed by atoms with Crippen molar-refractivity contribution in [1.82, 2.24) is 9.80 Å². The van der Waals surface area contributed by atoms with Gasteiger partial charge in [0.25, 0.3) is 0 Å². The molecule has 1 aromatic carbocycles. The normalized spacial score (nSPS) is 29.8. The second-order valence-corrected chi connectivity index (χ2v) is 6.37. The van der Waals surface area contributed by atoms with E-state index < -0.39 is 0 Å². The summed E-state index contributed by atoms with van der Waals surface area (Å²) in [6.07, 6.45) is 0. The highest BCUT2D eigenvalue weighted by molar-refractivity contribution is 5.16. The van der Waals surface area contributed by atoms with Crippen molar-refractivity contribution in [1.29, 1.82) is 0 Å². The minimum absolute atomic E-state index is 0.155. The number of fused-ring (bicyclic) bond motifs is 1. The molecule has 0 saturated carbocycles. The molecule has 0 N–H and O–H groups in total. The molecule has 0 radical (unpaired) electrons. The Balaban J connectivity index is 1.62. The zero-order valence-corrected chi connectivity index (χ0v) is 12.3. The van der Waals surface area contributed by atoms with Crippen LogP contribution in [-0.4, -0.2) is 35.5 Å². The Bertz CT molecular complexity index is 496. The minimum atomic E-state index is -0.155. The average molecular weight is 274 g/mol. The van der Waals surface area contributed by atoms with Crippen molar-refractivity contribution in [3.63, 3.8) is 0 Å². The van der Waals surface area contributed by atoms with E-state index in [-0.39, 0.29) is 5.82 Å². The van der Waals surface area contributed by atoms with Gasteiger partial charge < -0.3 is 4.90 Å². The molecular formula is C17H23FN2. The molecule has 2 heterocycles. The van der Waals surface area contributed by atoms with Crippen LogP contribution < -0.4 is 0 Å². The van der Waals surface area contributed by atoms with E-state index in [1.807, 2.05) is 12.1 Å². The maximum absolute atomic E-state index is 12.9. The van der Waals surface area contributed by atoms with Gasteiger partial charge in [-0.1, -0.05) is 18.7 Å². The highest BCUT2D eigenvalue weighted by Crippen LogP contribution is 2.37. The van der Waals surface area contributed by atoms with Crippen LogP contribution in [0.1, 0.15) is 19.4 Å². The standard InChI is InChI=1S/C17H23FN2/c1-12(2)20-10-15-9-19(11-17(15)13(20)3)8-14-4-6-16(18)7-5-14/h4-7,13,15,17H,1,8-11H2,2-3H3/t13-,15+,17-/m1/s1. The lowest BCUT2D eigenvalue weighted by molar-refractivity contribution is 0.239. The molecule has 0 aromatic heterocycles. The molecule has 0 amide bonds. The van der Waals surface area contributed by atoms with Crippen LogP contribution >= 0.6 is 0 Å². The first-order valence-corrected chi connectivity index (χ1v) is 7.43. The molecule has 2 aliphatic heterocycles. The quantitative estimate of drug-likeness (QED) is 0.835. The van der Waals surface area contributed by atoms with Crippen LogP contribution in [0.25, 0.3) is 0 Å². The van der Waals surface area contributed by atoms with E-state index in [0.29, 0.717) is 6.04 Å². The Morgan fingerprint density at radius 2 is 1.95 bits per heavy atom. The van der Waals surface area contributed by atoms with Crippen molar-refractivity contribution >= 4 is 0 Å². The van der Waals surface area contributed by atoms with E-state index >= 15 is 0 Å². The maximum Gasteiger partial charge on any atom is 0.123 e. The van der Waals surface area contributed by atoms with Crippen molar-refractivity contribution < 1.29 is 4.39 Å². The zero-order valence-electron chi connectivity index (χ0n) is 12.3. The van der Waals surface area contributed by atoms with E-state index in [0.717, 1.165) is 38.0 Å². The number of hydrogen-bond acceptors (Lipinski definition) is 2. The number of rotatable bonds is 3. The van der Waals surface area contributed by atoms with Gasteiger partial charge in [0.2, 0.25) is 0 Å². The van der Waals surface area contributed by atoms with Crippen LogP contribution in [0.5, 0.6) is 0 Å². The highest BCUT2D eigenvalue weighted by atomic mass is 19.1. The molecule has 3 heteroatoms. The summed E-state index contributed by atoms with van der Waals surface area (Å²) in [5.74, 6) is 1.34. The SMILES string of the molecule is C=C(C)N1C[C@@H]2CN(Cc3ccc(F)cc3)C[C@@H]2[C@H]1C. The van der Waals surface area contributed by atoms with Crippen LogP contribution in [0.4, 0.5) is 4.39 Å². The summed E-state index contributed by atoms with van der Waals surface area (Å²) in [5, 5.41) is 0. The molecule has 1 aromatic rings. The van der Waals surface area contributed by atoms with Gasteiger partial charge in [-0.15, -0.1) is 0 Å². The lowest BCUT2D eigenvalue weighted by Crippen LogP contribution is -2.33. The maximum atomic E-state index is 12.9. The molecule has 2 fully saturated rings. The van der Waals surface area contributed by atoms with E-state index in [1.165, 1.54) is 11.3 Å². The number of hydrogen-bond donors (Lipinski definition) is 0. The lowest BCUT2D eigenvalue weighted by Gasteiger charge is -2.28. The van der Waals surface area contributed by atoms with E-state index in [1.54, 1.807) is 12.1 Å². The van der Waals surface area contributed by atoms with Gasteiger partial charge in [-0.2, -0.15) is 0 Å². The Hall–Kier alpha value is -1.35. The molecule has 20 heavy (non-hydrogen) atoms. The summed E-state index contributed by atoms with van der Waals surface area (Å²) in [5.41, 5.74) is 2.40. The smallest absolute Gasteiger partial charge is 0.123 e. The minimum Gasteiger partial charge on any atom is -0.372 e. The van der Waals surface area contributed by atoms with Gasteiger partial charge >= 0.3 is 0 Å². The van der Waals surface area contributed by atoms with E-state index in [4.69, 9.17) is 0 Å². The van der Waals surface area contributed by atoms with Crippen molar-refractivity contribution in [3.8, 4) is 0 Å². The van der Waals surface area contributed by atoms with Gasteiger partial charge in [0.1, 0.15) is 5.82 Å². The molecule has 2 aliphatic rings. The van der Waals surface area contributed by atoms with Crippen molar-refractivity contribution in [2.45, 2.75) is 26.4 Å². The third-order valence-electron chi connectivity index (χ3n) is 4.92. The Kier molecular flexibility index (Phi) is 3.55. The summed E-state index contributed by atoms with van der Waals surface area (Å²) in [4.78, 5) is 4.96.